The lowest BCUT2D eigenvalue weighted by atomic mass is 9.91. The number of thioether (sulfide) groups is 1. The number of carbonyl (C=O) groups is 2. The Morgan fingerprint density at radius 3 is 2.21 bits per heavy atom. The van der Waals surface area contributed by atoms with Crippen molar-refractivity contribution >= 4 is 58.4 Å². The van der Waals surface area contributed by atoms with Gasteiger partial charge in [0.15, 0.2) is 5.78 Å². The number of halogens is 2. The first-order valence-corrected chi connectivity index (χ1v) is 14.8. The number of hydrogen-bond donors (Lipinski definition) is 2. The van der Waals surface area contributed by atoms with Crippen molar-refractivity contribution in [2.45, 2.75) is 55.2 Å². The van der Waals surface area contributed by atoms with Crippen LogP contribution in [0.25, 0.3) is 0 Å². The highest BCUT2D eigenvalue weighted by Gasteiger charge is 2.28. The molecule has 10 heteroatoms. The summed E-state index contributed by atoms with van der Waals surface area (Å²) < 4.78 is 0. The highest BCUT2D eigenvalue weighted by atomic mass is 35.5. The predicted molar refractivity (Wildman–Crippen MR) is 161 cm³/mol. The Hall–Kier alpha value is -2.81. The van der Waals surface area contributed by atoms with E-state index in [1.807, 2.05) is 49.3 Å². The summed E-state index contributed by atoms with van der Waals surface area (Å²) in [5.74, 6) is 1.89. The Morgan fingerprint density at radius 1 is 0.949 bits per heavy atom. The van der Waals surface area contributed by atoms with E-state index in [0.29, 0.717) is 27.3 Å². The molecule has 2 N–H and O–H groups in total. The quantitative estimate of drug-likeness (QED) is 0.257. The number of ketones is 1. The van der Waals surface area contributed by atoms with Gasteiger partial charge in [0, 0.05) is 60.2 Å². The molecule has 1 atom stereocenters. The van der Waals surface area contributed by atoms with Crippen LogP contribution in [0.15, 0.2) is 60.8 Å². The summed E-state index contributed by atoms with van der Waals surface area (Å²) in [5.41, 5.74) is 1.60. The highest BCUT2D eigenvalue weighted by molar-refractivity contribution is 7.99. The molecule has 1 aliphatic carbocycles. The zero-order chi connectivity index (χ0) is 27.8. The van der Waals surface area contributed by atoms with E-state index in [4.69, 9.17) is 23.2 Å². The molecule has 3 aromatic rings. The van der Waals surface area contributed by atoms with Gasteiger partial charge in [0.05, 0.1) is 5.25 Å². The molecule has 0 radical (unpaired) electrons. The van der Waals surface area contributed by atoms with Crippen molar-refractivity contribution in [2.24, 2.45) is 0 Å². The van der Waals surface area contributed by atoms with Crippen LogP contribution in [0.5, 0.6) is 0 Å². The van der Waals surface area contributed by atoms with Crippen LogP contribution < -0.4 is 15.5 Å². The molecule has 7 nitrogen and oxygen atoms in total. The number of benzene rings is 2. The molecule has 0 spiro atoms. The topological polar surface area (TPSA) is 87.2 Å². The number of nitrogens with zero attached hydrogens (tertiary/aromatic N) is 3. The molecule has 0 bridgehead atoms. The van der Waals surface area contributed by atoms with Crippen LogP contribution in [0.3, 0.4) is 0 Å². The van der Waals surface area contributed by atoms with E-state index in [1.54, 1.807) is 30.5 Å². The average molecular weight is 587 g/mol. The third-order valence-electron chi connectivity index (χ3n) is 6.70. The summed E-state index contributed by atoms with van der Waals surface area (Å²) >= 11 is 13.5. The second kappa shape index (κ2) is 14.0. The van der Waals surface area contributed by atoms with Gasteiger partial charge in [0.25, 0.3) is 0 Å². The fraction of sp³-hybridized carbons (Fsp3) is 0.379. The maximum Gasteiger partial charge on any atom is 0.233 e. The summed E-state index contributed by atoms with van der Waals surface area (Å²) in [6.45, 7) is 0. The van der Waals surface area contributed by atoms with Gasteiger partial charge in [-0.3, -0.25) is 9.59 Å². The summed E-state index contributed by atoms with van der Waals surface area (Å²) in [6.07, 6.45) is 5.35. The number of hydrogen-bond acceptors (Lipinski definition) is 7. The second-order valence-electron chi connectivity index (χ2n) is 9.89. The summed E-state index contributed by atoms with van der Waals surface area (Å²) in [4.78, 5) is 37.3. The second-order valence-corrected chi connectivity index (χ2v) is 12.0. The molecule has 1 unspecified atom stereocenters. The number of aromatic nitrogens is 2. The minimum Gasteiger partial charge on any atom is -0.363 e. The van der Waals surface area contributed by atoms with Gasteiger partial charge >= 0.3 is 0 Å². The minimum absolute atomic E-state index is 0.0637. The number of nitrogens with one attached hydrogen (secondary N) is 2. The molecule has 1 amide bonds. The lowest BCUT2D eigenvalue weighted by Gasteiger charge is -2.30. The van der Waals surface area contributed by atoms with E-state index in [2.05, 4.69) is 20.6 Å². The van der Waals surface area contributed by atoms with Crippen molar-refractivity contribution in [1.29, 1.82) is 0 Å². The molecule has 0 saturated heterocycles. The fourth-order valence-corrected chi connectivity index (χ4v) is 5.78. The van der Waals surface area contributed by atoms with Gasteiger partial charge in [0.2, 0.25) is 11.9 Å². The first-order valence-electron chi connectivity index (χ1n) is 13.0. The molecule has 1 fully saturated rings. The van der Waals surface area contributed by atoms with Crippen molar-refractivity contribution in [2.75, 3.05) is 24.3 Å². The smallest absolute Gasteiger partial charge is 0.233 e. The molecule has 1 saturated carbocycles. The normalized spacial score (nSPS) is 17.7. The van der Waals surface area contributed by atoms with E-state index in [9.17, 15) is 9.59 Å². The first kappa shape index (κ1) is 29.2. The molecule has 39 heavy (non-hydrogen) atoms. The summed E-state index contributed by atoms with van der Waals surface area (Å²) in [6, 6.07) is 16.5. The molecule has 2 aromatic carbocycles. The number of anilines is 2. The molecular weight excluding hydrogens is 553 g/mol. The van der Waals surface area contributed by atoms with Crippen LogP contribution in [-0.4, -0.2) is 53.1 Å². The van der Waals surface area contributed by atoms with Gasteiger partial charge < -0.3 is 15.5 Å². The Morgan fingerprint density at radius 2 is 1.56 bits per heavy atom. The molecule has 206 valence electrons. The van der Waals surface area contributed by atoms with Gasteiger partial charge in [-0.1, -0.05) is 35.3 Å². The van der Waals surface area contributed by atoms with E-state index in [1.165, 1.54) is 11.8 Å². The number of carbonyl (C=O) groups excluding carboxylic acids is 2. The van der Waals surface area contributed by atoms with E-state index >= 15 is 0 Å². The van der Waals surface area contributed by atoms with E-state index in [-0.39, 0.29) is 30.2 Å². The largest absolute Gasteiger partial charge is 0.363 e. The predicted octanol–water partition coefficient (Wildman–Crippen LogP) is 6.26. The lowest BCUT2D eigenvalue weighted by molar-refractivity contribution is -0.121. The molecule has 1 aliphatic rings. The maximum absolute atomic E-state index is 13.4. The van der Waals surface area contributed by atoms with E-state index < -0.39 is 5.25 Å². The number of rotatable bonds is 11. The Kier molecular flexibility index (Phi) is 10.5. The van der Waals surface area contributed by atoms with Crippen molar-refractivity contribution in [3.8, 4) is 0 Å². The summed E-state index contributed by atoms with van der Waals surface area (Å²) in [5, 5.41) is 7.38. The molecule has 1 heterocycles. The summed E-state index contributed by atoms with van der Waals surface area (Å²) in [7, 11) is 3.90. The standard InChI is InChI=1S/C29H33Cl2N5O2S/c1-36(2)27-15-16-32-29(35-27)34-24-13-11-23(12-14-24)33-28(38)26(39-18-19-3-7-21(30)8-4-19)17-25(37)20-5-9-22(31)10-6-20/h3-10,15-16,23-24,26H,11-14,17-18H2,1-2H3,(H,33,38)(H,32,34,35). The van der Waals surface area contributed by atoms with Crippen molar-refractivity contribution in [3.63, 3.8) is 0 Å². The SMILES string of the molecule is CN(C)c1ccnc(NC2CCC(NC(=O)C(CC(=O)c3ccc(Cl)cc3)SCc3ccc(Cl)cc3)CC2)n1. The maximum atomic E-state index is 13.4. The number of amides is 1. The van der Waals surface area contributed by atoms with Crippen LogP contribution >= 0.6 is 35.0 Å². The minimum atomic E-state index is -0.512. The molecular formula is C29H33Cl2N5O2S. The molecule has 1 aromatic heterocycles. The van der Waals surface area contributed by atoms with Crippen molar-refractivity contribution in [1.82, 2.24) is 15.3 Å². The van der Waals surface area contributed by atoms with Crippen molar-refractivity contribution < 1.29 is 9.59 Å². The van der Waals surface area contributed by atoms with Gasteiger partial charge in [-0.25, -0.2) is 4.98 Å². The third-order valence-corrected chi connectivity index (χ3v) is 8.49. The highest BCUT2D eigenvalue weighted by Crippen LogP contribution is 2.26. The number of Topliss-reactive ketones (excluding diaryl/α,β-unsaturated/α-hetero) is 1. The van der Waals surface area contributed by atoms with Crippen LogP contribution in [-0.2, 0) is 10.5 Å². The van der Waals surface area contributed by atoms with Gasteiger partial charge in [-0.15, -0.1) is 11.8 Å². The third kappa shape index (κ3) is 8.85. The van der Waals surface area contributed by atoms with Crippen LogP contribution in [0.1, 0.15) is 48.0 Å². The Bertz CT molecular complexity index is 1250. The first-order chi connectivity index (χ1) is 18.8. The van der Waals surface area contributed by atoms with Gasteiger partial charge in [-0.2, -0.15) is 4.98 Å². The zero-order valence-electron chi connectivity index (χ0n) is 22.1. The van der Waals surface area contributed by atoms with E-state index in [0.717, 1.165) is 37.1 Å². The average Bonchev–Trinajstić information content (AvgIpc) is 2.93. The van der Waals surface area contributed by atoms with Crippen LogP contribution in [0, 0.1) is 0 Å². The van der Waals surface area contributed by atoms with Crippen LogP contribution in [0.4, 0.5) is 11.8 Å². The van der Waals surface area contributed by atoms with Gasteiger partial charge in [-0.05, 0) is 73.7 Å². The Balaban J connectivity index is 1.34. The lowest BCUT2D eigenvalue weighted by Crippen LogP contribution is -2.44. The van der Waals surface area contributed by atoms with Crippen LogP contribution in [0.2, 0.25) is 10.0 Å². The van der Waals surface area contributed by atoms with Crippen molar-refractivity contribution in [3.05, 3.63) is 82.0 Å². The van der Waals surface area contributed by atoms with Gasteiger partial charge in [0.1, 0.15) is 5.82 Å². The monoisotopic (exact) mass is 585 g/mol. The fourth-order valence-electron chi connectivity index (χ4n) is 4.45. The molecule has 4 rings (SSSR count). The Labute approximate surface area is 244 Å². The zero-order valence-corrected chi connectivity index (χ0v) is 24.4. The molecule has 0 aliphatic heterocycles.